The average Bonchev–Trinajstić information content (AvgIpc) is 2.60. The Bertz CT molecular complexity index is 695. The van der Waals surface area contributed by atoms with Crippen LogP contribution in [0.4, 0.5) is 5.69 Å². The van der Waals surface area contributed by atoms with Gasteiger partial charge in [-0.15, -0.1) is 12.6 Å². The molecule has 0 spiro atoms. The van der Waals surface area contributed by atoms with Crippen molar-refractivity contribution >= 4 is 24.3 Å². The van der Waals surface area contributed by atoms with Crippen LogP contribution in [-0.4, -0.2) is 48.7 Å². The Labute approximate surface area is 148 Å². The molecule has 1 aliphatic rings. The van der Waals surface area contributed by atoms with E-state index in [0.29, 0.717) is 6.54 Å². The minimum Gasteiger partial charge on any atom is -0.481 e. The normalized spacial score (nSPS) is 15.5. The number of aliphatic carboxylic acids is 1. The van der Waals surface area contributed by atoms with Gasteiger partial charge in [-0.1, -0.05) is 24.3 Å². The van der Waals surface area contributed by atoms with Crippen molar-refractivity contribution in [1.29, 1.82) is 0 Å². The third kappa shape index (κ3) is 4.30. The van der Waals surface area contributed by atoms with Crippen molar-refractivity contribution in [2.24, 2.45) is 0 Å². The summed E-state index contributed by atoms with van der Waals surface area (Å²) in [7, 11) is 0. The lowest BCUT2D eigenvalue weighted by molar-refractivity contribution is -0.137. The van der Waals surface area contributed by atoms with E-state index in [0.717, 1.165) is 31.1 Å². The van der Waals surface area contributed by atoms with Crippen molar-refractivity contribution in [2.75, 3.05) is 37.6 Å². The summed E-state index contributed by atoms with van der Waals surface area (Å²) in [5.41, 5.74) is 3.58. The van der Waals surface area contributed by atoms with E-state index < -0.39 is 5.97 Å². The summed E-state index contributed by atoms with van der Waals surface area (Å²) in [5.74, 6) is -0.724. The van der Waals surface area contributed by atoms with Gasteiger partial charge in [-0.25, -0.2) is 0 Å². The molecule has 126 valence electrons. The molecule has 2 aromatic rings. The summed E-state index contributed by atoms with van der Waals surface area (Å²) in [5, 5.41) is 8.77. The van der Waals surface area contributed by atoms with Crippen LogP contribution in [0.15, 0.2) is 53.4 Å². The van der Waals surface area contributed by atoms with Gasteiger partial charge in [0.1, 0.15) is 0 Å². The fraction of sp³-hybridized carbons (Fsp3) is 0.316. The Hall–Kier alpha value is -1.98. The van der Waals surface area contributed by atoms with Crippen molar-refractivity contribution in [2.45, 2.75) is 11.3 Å². The molecule has 1 heterocycles. The molecule has 5 heteroatoms. The van der Waals surface area contributed by atoms with Crippen molar-refractivity contribution in [3.05, 3.63) is 48.5 Å². The summed E-state index contributed by atoms with van der Waals surface area (Å²) >= 11 is 4.40. The van der Waals surface area contributed by atoms with E-state index in [2.05, 4.69) is 58.8 Å². The van der Waals surface area contributed by atoms with E-state index in [4.69, 9.17) is 5.11 Å². The molecule has 1 N–H and O–H groups in total. The van der Waals surface area contributed by atoms with Gasteiger partial charge in [0.2, 0.25) is 0 Å². The Kier molecular flexibility index (Phi) is 5.43. The van der Waals surface area contributed by atoms with Gasteiger partial charge >= 0.3 is 5.97 Å². The largest absolute Gasteiger partial charge is 0.481 e. The van der Waals surface area contributed by atoms with Crippen LogP contribution in [0, 0.1) is 0 Å². The fourth-order valence-corrected chi connectivity index (χ4v) is 3.26. The van der Waals surface area contributed by atoms with E-state index in [1.807, 2.05) is 12.1 Å². The number of anilines is 1. The van der Waals surface area contributed by atoms with Crippen LogP contribution in [0.3, 0.4) is 0 Å². The molecule has 0 bridgehead atoms. The number of hydrogen-bond donors (Lipinski definition) is 2. The van der Waals surface area contributed by atoms with E-state index in [-0.39, 0.29) is 6.42 Å². The van der Waals surface area contributed by atoms with Crippen LogP contribution in [0.25, 0.3) is 11.1 Å². The fourth-order valence-electron chi connectivity index (χ4n) is 3.03. The van der Waals surface area contributed by atoms with Gasteiger partial charge < -0.3 is 10.0 Å². The molecule has 0 saturated carbocycles. The zero-order valence-corrected chi connectivity index (χ0v) is 14.5. The number of benzene rings is 2. The van der Waals surface area contributed by atoms with Gasteiger partial charge in [0, 0.05) is 43.3 Å². The van der Waals surface area contributed by atoms with Gasteiger partial charge in [-0.2, -0.15) is 0 Å². The zero-order valence-electron chi connectivity index (χ0n) is 13.6. The third-order valence-corrected chi connectivity index (χ3v) is 4.70. The molecule has 24 heavy (non-hydrogen) atoms. The second-order valence-electron chi connectivity index (χ2n) is 6.07. The molecule has 2 aromatic carbocycles. The number of piperazine rings is 1. The van der Waals surface area contributed by atoms with Gasteiger partial charge in [-0.05, 0) is 35.4 Å². The molecule has 4 nitrogen and oxygen atoms in total. The number of carboxylic acids is 1. The number of thiol groups is 1. The summed E-state index contributed by atoms with van der Waals surface area (Å²) < 4.78 is 0. The van der Waals surface area contributed by atoms with Gasteiger partial charge in [0.05, 0.1) is 6.42 Å². The monoisotopic (exact) mass is 342 g/mol. The number of carboxylic acid groups (broad SMARTS) is 1. The van der Waals surface area contributed by atoms with E-state index >= 15 is 0 Å². The summed E-state index contributed by atoms with van der Waals surface area (Å²) in [6, 6.07) is 16.8. The van der Waals surface area contributed by atoms with Crippen LogP contribution < -0.4 is 4.90 Å². The standard InChI is InChI=1S/C19H22N2O2S/c22-19(23)8-9-20-10-12-21(13-11-20)17-6-4-15(5-7-17)16-2-1-3-18(24)14-16/h1-7,14,24H,8-13H2,(H,22,23). The molecule has 3 rings (SSSR count). The van der Waals surface area contributed by atoms with E-state index in [1.54, 1.807) is 0 Å². The SMILES string of the molecule is O=C(O)CCN1CCN(c2ccc(-c3cccc(S)c3)cc2)CC1. The van der Waals surface area contributed by atoms with Gasteiger partial charge in [0.15, 0.2) is 0 Å². The maximum atomic E-state index is 10.7. The maximum Gasteiger partial charge on any atom is 0.304 e. The second kappa shape index (κ2) is 7.73. The van der Waals surface area contributed by atoms with Crippen LogP contribution in [0.5, 0.6) is 0 Å². The lowest BCUT2D eigenvalue weighted by Gasteiger charge is -2.36. The van der Waals surface area contributed by atoms with E-state index in [1.165, 1.54) is 16.8 Å². The van der Waals surface area contributed by atoms with Crippen molar-refractivity contribution in [1.82, 2.24) is 4.90 Å². The molecule has 0 aromatic heterocycles. The number of carbonyl (C=O) groups is 1. The van der Waals surface area contributed by atoms with Crippen LogP contribution >= 0.6 is 12.6 Å². The molecule has 1 aliphatic heterocycles. The molecule has 1 saturated heterocycles. The lowest BCUT2D eigenvalue weighted by Crippen LogP contribution is -2.46. The topological polar surface area (TPSA) is 43.8 Å². The smallest absolute Gasteiger partial charge is 0.304 e. The minimum absolute atomic E-state index is 0.221. The molecule has 1 fully saturated rings. The first-order valence-electron chi connectivity index (χ1n) is 8.20. The second-order valence-corrected chi connectivity index (χ2v) is 6.59. The zero-order chi connectivity index (χ0) is 16.9. The highest BCUT2D eigenvalue weighted by Crippen LogP contribution is 2.25. The number of nitrogens with zero attached hydrogens (tertiary/aromatic N) is 2. The predicted molar refractivity (Wildman–Crippen MR) is 100 cm³/mol. The summed E-state index contributed by atoms with van der Waals surface area (Å²) in [4.78, 5) is 16.2. The highest BCUT2D eigenvalue weighted by Gasteiger charge is 2.17. The number of hydrogen-bond acceptors (Lipinski definition) is 4. The molecular weight excluding hydrogens is 320 g/mol. The Morgan fingerprint density at radius 3 is 2.33 bits per heavy atom. The quantitative estimate of drug-likeness (QED) is 0.819. The van der Waals surface area contributed by atoms with Crippen LogP contribution in [0.2, 0.25) is 0 Å². The Balaban J connectivity index is 1.60. The van der Waals surface area contributed by atoms with Crippen LogP contribution in [0.1, 0.15) is 6.42 Å². The van der Waals surface area contributed by atoms with Crippen molar-refractivity contribution in [3.8, 4) is 11.1 Å². The predicted octanol–water partition coefficient (Wildman–Crippen LogP) is 3.24. The molecule has 0 unspecified atom stereocenters. The molecular formula is C19H22N2O2S. The molecule has 0 aliphatic carbocycles. The first kappa shape index (κ1) is 16.9. The first-order chi connectivity index (χ1) is 11.6. The maximum absolute atomic E-state index is 10.7. The highest BCUT2D eigenvalue weighted by atomic mass is 32.1. The summed E-state index contributed by atoms with van der Waals surface area (Å²) in [6.45, 7) is 4.34. The average molecular weight is 342 g/mol. The minimum atomic E-state index is -0.724. The van der Waals surface area contributed by atoms with Crippen molar-refractivity contribution in [3.63, 3.8) is 0 Å². The third-order valence-electron chi connectivity index (χ3n) is 4.43. The van der Waals surface area contributed by atoms with Gasteiger partial charge in [0.25, 0.3) is 0 Å². The highest BCUT2D eigenvalue weighted by molar-refractivity contribution is 7.80. The van der Waals surface area contributed by atoms with Gasteiger partial charge in [-0.3, -0.25) is 9.69 Å². The van der Waals surface area contributed by atoms with E-state index in [9.17, 15) is 4.79 Å². The molecule has 0 radical (unpaired) electrons. The van der Waals surface area contributed by atoms with Crippen molar-refractivity contribution < 1.29 is 9.90 Å². The van der Waals surface area contributed by atoms with Crippen LogP contribution in [-0.2, 0) is 4.79 Å². The first-order valence-corrected chi connectivity index (χ1v) is 8.65. The molecule has 0 atom stereocenters. The Morgan fingerprint density at radius 1 is 1.00 bits per heavy atom. The molecule has 0 amide bonds. The Morgan fingerprint density at radius 2 is 1.71 bits per heavy atom. The number of rotatable bonds is 5. The lowest BCUT2D eigenvalue weighted by atomic mass is 10.1. The summed E-state index contributed by atoms with van der Waals surface area (Å²) in [6.07, 6.45) is 0.221.